The average molecular weight is 228 g/mol. The van der Waals surface area contributed by atoms with Gasteiger partial charge in [-0.1, -0.05) is 18.2 Å². The number of nitrogens with zero attached hydrogens (tertiary/aromatic N) is 2. The van der Waals surface area contributed by atoms with Crippen LogP contribution in [0.2, 0.25) is 0 Å². The van der Waals surface area contributed by atoms with Crippen molar-refractivity contribution in [1.82, 2.24) is 4.98 Å². The molecule has 1 heterocycles. The van der Waals surface area contributed by atoms with Crippen LogP contribution in [0.3, 0.4) is 0 Å². The van der Waals surface area contributed by atoms with Crippen LogP contribution in [-0.4, -0.2) is 4.98 Å². The summed E-state index contributed by atoms with van der Waals surface area (Å²) in [5, 5.41) is 8.92. The van der Waals surface area contributed by atoms with Crippen molar-refractivity contribution in [3.63, 3.8) is 0 Å². The number of rotatable bonds is 2. The van der Waals surface area contributed by atoms with Crippen molar-refractivity contribution in [3.8, 4) is 17.7 Å². The molecule has 0 amide bonds. The minimum absolute atomic E-state index is 0.298. The van der Waals surface area contributed by atoms with Crippen LogP contribution in [0.25, 0.3) is 0 Å². The summed E-state index contributed by atoms with van der Waals surface area (Å²) >= 11 is 4.11. The van der Waals surface area contributed by atoms with Gasteiger partial charge in [-0.25, -0.2) is 4.98 Å². The number of hydrogen-bond acceptors (Lipinski definition) is 4. The van der Waals surface area contributed by atoms with Crippen molar-refractivity contribution >= 4 is 12.6 Å². The van der Waals surface area contributed by atoms with E-state index in [4.69, 9.17) is 10.00 Å². The maximum Gasteiger partial charge on any atom is 0.237 e. The third-order valence-corrected chi connectivity index (χ3v) is 2.16. The maximum atomic E-state index is 8.92. The first-order valence-corrected chi connectivity index (χ1v) is 5.06. The van der Waals surface area contributed by atoms with Crippen LogP contribution < -0.4 is 4.74 Å². The Kier molecular flexibility index (Phi) is 3.08. The van der Waals surface area contributed by atoms with Crippen LogP contribution in [-0.2, 0) is 0 Å². The Bertz CT molecular complexity index is 534. The number of hydrogen-bond donors (Lipinski definition) is 1. The fourth-order valence-corrected chi connectivity index (χ4v) is 1.39. The number of pyridine rings is 1. The Hall–Kier alpha value is -1.99. The van der Waals surface area contributed by atoms with Crippen LogP contribution in [0, 0.1) is 11.3 Å². The van der Waals surface area contributed by atoms with Crippen LogP contribution >= 0.6 is 12.6 Å². The molecular weight excluding hydrogens is 220 g/mol. The van der Waals surface area contributed by atoms with Crippen LogP contribution in [0.15, 0.2) is 47.5 Å². The smallest absolute Gasteiger partial charge is 0.237 e. The summed E-state index contributed by atoms with van der Waals surface area (Å²) in [6.45, 7) is 0. The highest BCUT2D eigenvalue weighted by atomic mass is 32.1. The zero-order valence-electron chi connectivity index (χ0n) is 8.29. The molecule has 4 heteroatoms. The minimum atomic E-state index is 0.298. The molecule has 0 atom stereocenters. The number of benzene rings is 1. The highest BCUT2D eigenvalue weighted by Gasteiger charge is 2.06. The van der Waals surface area contributed by atoms with E-state index in [2.05, 4.69) is 17.6 Å². The van der Waals surface area contributed by atoms with Gasteiger partial charge < -0.3 is 4.74 Å². The molecule has 2 rings (SSSR count). The van der Waals surface area contributed by atoms with Crippen molar-refractivity contribution in [3.05, 3.63) is 48.2 Å². The first-order valence-electron chi connectivity index (χ1n) is 4.61. The van der Waals surface area contributed by atoms with Gasteiger partial charge in [-0.2, -0.15) is 5.26 Å². The number of para-hydroxylation sites is 1. The molecule has 0 radical (unpaired) electrons. The van der Waals surface area contributed by atoms with Crippen LogP contribution in [0.1, 0.15) is 5.56 Å². The van der Waals surface area contributed by atoms with E-state index in [1.54, 1.807) is 24.4 Å². The number of nitriles is 1. The third-order valence-electron chi connectivity index (χ3n) is 1.91. The number of ether oxygens (including phenoxy) is 1. The summed E-state index contributed by atoms with van der Waals surface area (Å²) in [6, 6.07) is 12.8. The summed E-state index contributed by atoms with van der Waals surface area (Å²) in [5.41, 5.74) is 0.372. The molecule has 0 aliphatic carbocycles. The number of aromatic nitrogens is 1. The van der Waals surface area contributed by atoms with E-state index in [1.165, 1.54) is 0 Å². The lowest BCUT2D eigenvalue weighted by Crippen LogP contribution is -1.91. The molecular formula is C12H8N2OS. The summed E-state index contributed by atoms with van der Waals surface area (Å²) in [4.78, 5) is 4.66. The van der Waals surface area contributed by atoms with Crippen molar-refractivity contribution < 1.29 is 4.74 Å². The SMILES string of the molecule is N#Cc1cc(S)cnc1Oc1ccccc1. The van der Waals surface area contributed by atoms with Gasteiger partial charge in [-0.15, -0.1) is 12.6 Å². The quantitative estimate of drug-likeness (QED) is 0.803. The fraction of sp³-hybridized carbons (Fsp3) is 0. The largest absolute Gasteiger partial charge is 0.438 e. The number of thiol groups is 1. The van der Waals surface area contributed by atoms with E-state index in [-0.39, 0.29) is 0 Å². The highest BCUT2D eigenvalue weighted by Crippen LogP contribution is 2.23. The molecule has 2 aromatic rings. The molecule has 0 bridgehead atoms. The second-order valence-corrected chi connectivity index (χ2v) is 3.59. The normalized spacial score (nSPS) is 9.50. The van der Waals surface area contributed by atoms with E-state index in [9.17, 15) is 0 Å². The van der Waals surface area contributed by atoms with Gasteiger partial charge in [0.25, 0.3) is 0 Å². The van der Waals surface area contributed by atoms with Gasteiger partial charge in [-0.05, 0) is 18.2 Å². The van der Waals surface area contributed by atoms with Gasteiger partial charge in [-0.3, -0.25) is 0 Å². The van der Waals surface area contributed by atoms with Gasteiger partial charge in [0, 0.05) is 11.1 Å². The Morgan fingerprint density at radius 3 is 2.69 bits per heavy atom. The standard InChI is InChI=1S/C12H8N2OS/c13-7-9-6-11(16)8-14-12(9)15-10-4-2-1-3-5-10/h1-6,8,16H. The molecule has 3 nitrogen and oxygen atoms in total. The summed E-state index contributed by atoms with van der Waals surface area (Å²) in [6.07, 6.45) is 1.54. The molecule has 16 heavy (non-hydrogen) atoms. The van der Waals surface area contributed by atoms with E-state index >= 15 is 0 Å². The molecule has 1 aromatic carbocycles. The molecule has 0 fully saturated rings. The van der Waals surface area contributed by atoms with Gasteiger partial charge in [0.15, 0.2) is 0 Å². The minimum Gasteiger partial charge on any atom is -0.438 e. The molecule has 78 valence electrons. The van der Waals surface area contributed by atoms with Crippen LogP contribution in [0.4, 0.5) is 0 Å². The molecule has 1 aromatic heterocycles. The molecule has 0 spiro atoms. The van der Waals surface area contributed by atoms with Crippen LogP contribution in [0.5, 0.6) is 11.6 Å². The van der Waals surface area contributed by atoms with E-state index in [1.807, 2.05) is 24.3 Å². The molecule has 0 saturated carbocycles. The molecule has 0 unspecified atom stereocenters. The Labute approximate surface area is 98.7 Å². The topological polar surface area (TPSA) is 45.9 Å². The molecule has 0 N–H and O–H groups in total. The first-order chi connectivity index (χ1) is 7.79. The zero-order valence-corrected chi connectivity index (χ0v) is 9.19. The van der Waals surface area contributed by atoms with Gasteiger partial charge in [0.2, 0.25) is 5.88 Å². The van der Waals surface area contributed by atoms with Crippen molar-refractivity contribution in [2.75, 3.05) is 0 Å². The summed E-state index contributed by atoms with van der Waals surface area (Å²) in [5.74, 6) is 0.949. The maximum absolute atomic E-state index is 8.92. The van der Waals surface area contributed by atoms with E-state index < -0.39 is 0 Å². The van der Waals surface area contributed by atoms with E-state index in [0.717, 1.165) is 0 Å². The Balaban J connectivity index is 2.32. The highest BCUT2D eigenvalue weighted by molar-refractivity contribution is 7.80. The summed E-state index contributed by atoms with van der Waals surface area (Å²) < 4.78 is 5.49. The molecule has 0 aliphatic heterocycles. The Morgan fingerprint density at radius 2 is 2.00 bits per heavy atom. The first kappa shape index (κ1) is 10.5. The van der Waals surface area contributed by atoms with Gasteiger partial charge in [0.05, 0.1) is 0 Å². The lowest BCUT2D eigenvalue weighted by Gasteiger charge is -2.05. The zero-order chi connectivity index (χ0) is 11.4. The Morgan fingerprint density at radius 1 is 1.25 bits per heavy atom. The second kappa shape index (κ2) is 4.69. The third kappa shape index (κ3) is 2.33. The van der Waals surface area contributed by atoms with Crippen molar-refractivity contribution in [2.24, 2.45) is 0 Å². The predicted molar refractivity (Wildman–Crippen MR) is 62.7 cm³/mol. The lowest BCUT2D eigenvalue weighted by molar-refractivity contribution is 0.460. The molecule has 0 saturated heterocycles. The van der Waals surface area contributed by atoms with Gasteiger partial charge >= 0.3 is 0 Å². The average Bonchev–Trinajstić information content (AvgIpc) is 2.33. The summed E-state index contributed by atoms with van der Waals surface area (Å²) in [7, 11) is 0. The van der Waals surface area contributed by atoms with Gasteiger partial charge in [0.1, 0.15) is 17.4 Å². The predicted octanol–water partition coefficient (Wildman–Crippen LogP) is 3.03. The monoisotopic (exact) mass is 228 g/mol. The second-order valence-electron chi connectivity index (χ2n) is 3.07. The fourth-order valence-electron chi connectivity index (χ4n) is 1.20. The van der Waals surface area contributed by atoms with Crippen molar-refractivity contribution in [1.29, 1.82) is 5.26 Å². The molecule has 0 aliphatic rings. The van der Waals surface area contributed by atoms with E-state index in [0.29, 0.717) is 22.1 Å². The lowest BCUT2D eigenvalue weighted by atomic mass is 10.3. The van der Waals surface area contributed by atoms with Crippen molar-refractivity contribution in [2.45, 2.75) is 4.90 Å².